The van der Waals surface area contributed by atoms with Crippen LogP contribution in [0.2, 0.25) is 0 Å². The first-order chi connectivity index (χ1) is 12.0. The van der Waals surface area contributed by atoms with E-state index >= 15 is 0 Å². The Kier molecular flexibility index (Phi) is 3.83. The van der Waals surface area contributed by atoms with E-state index in [-0.39, 0.29) is 11.3 Å². The molecule has 2 aromatic heterocycles. The van der Waals surface area contributed by atoms with E-state index in [1.54, 1.807) is 0 Å². The van der Waals surface area contributed by atoms with Crippen molar-refractivity contribution in [1.29, 1.82) is 0 Å². The zero-order valence-electron chi connectivity index (χ0n) is 12.9. The quantitative estimate of drug-likeness (QED) is 0.552. The number of oxazole rings is 1. The summed E-state index contributed by atoms with van der Waals surface area (Å²) >= 11 is 0. The minimum atomic E-state index is -4.74. The zero-order chi connectivity index (χ0) is 19.3. The summed E-state index contributed by atoms with van der Waals surface area (Å²) in [5.41, 5.74) is -3.53. The molecule has 0 spiro atoms. The van der Waals surface area contributed by atoms with Crippen LogP contribution in [0.25, 0.3) is 22.4 Å². The predicted octanol–water partition coefficient (Wildman–Crippen LogP) is 3.69. The molecule has 0 atom stereocenters. The van der Waals surface area contributed by atoms with Crippen molar-refractivity contribution < 1.29 is 26.4 Å². The summed E-state index contributed by atoms with van der Waals surface area (Å²) in [6.07, 6.45) is 1.35. The number of H-pyrrole nitrogens is 1. The van der Waals surface area contributed by atoms with Crippen molar-refractivity contribution in [3.05, 3.63) is 45.8 Å². The summed E-state index contributed by atoms with van der Waals surface area (Å²) in [5, 5.41) is 0. The molecule has 0 saturated carbocycles. The minimum absolute atomic E-state index is 0.0543. The third-order valence-corrected chi connectivity index (χ3v) is 3.49. The third kappa shape index (κ3) is 2.92. The Morgan fingerprint density at radius 3 is 2.50 bits per heavy atom. The van der Waals surface area contributed by atoms with Crippen LogP contribution in [0.4, 0.5) is 22.0 Å². The lowest BCUT2D eigenvalue weighted by atomic mass is 10.1. The number of fused-ring (bicyclic) bond motifs is 1. The topological polar surface area (TPSA) is 71.8 Å². The van der Waals surface area contributed by atoms with Gasteiger partial charge in [0.05, 0.1) is 17.5 Å². The molecule has 26 heavy (non-hydrogen) atoms. The third-order valence-electron chi connectivity index (χ3n) is 3.49. The molecule has 1 aromatic carbocycles. The van der Waals surface area contributed by atoms with Crippen LogP contribution >= 0.6 is 0 Å². The second kappa shape index (κ2) is 5.66. The van der Waals surface area contributed by atoms with Crippen molar-refractivity contribution in [2.24, 2.45) is 0 Å². The van der Waals surface area contributed by atoms with Gasteiger partial charge >= 0.3 is 11.9 Å². The molecule has 0 bridgehead atoms. The van der Waals surface area contributed by atoms with Crippen molar-refractivity contribution in [2.75, 3.05) is 0 Å². The Labute approximate surface area is 141 Å². The standard InChI is InChI=1S/C16H8F5N3O2/c1-3-9-13(15(2,17)18)22-6-10(23-9)7-4-5-8(16(19,20)21)11-12(7)26-14(25)24-11/h1,4-6H,2H3,(H,24,25). The Morgan fingerprint density at radius 2 is 1.92 bits per heavy atom. The molecule has 0 radical (unpaired) electrons. The van der Waals surface area contributed by atoms with E-state index in [4.69, 9.17) is 10.8 Å². The van der Waals surface area contributed by atoms with Crippen LogP contribution in [0, 0.1) is 12.3 Å². The summed E-state index contributed by atoms with van der Waals surface area (Å²) in [6.45, 7) is 0.582. The van der Waals surface area contributed by atoms with Crippen LogP contribution in [0.3, 0.4) is 0 Å². The molecule has 0 aliphatic heterocycles. The summed E-state index contributed by atoms with van der Waals surface area (Å²) in [6, 6.07) is 1.71. The SMILES string of the molecule is C#Cc1nc(-c2ccc(C(F)(F)F)c3[nH]c(=O)oc23)cnc1C(C)(F)F. The number of aromatic amines is 1. The number of rotatable bonds is 2. The zero-order valence-corrected chi connectivity index (χ0v) is 12.9. The number of hydrogen-bond donors (Lipinski definition) is 1. The number of halogens is 5. The number of nitrogens with zero attached hydrogens (tertiary/aromatic N) is 2. The van der Waals surface area contributed by atoms with Gasteiger partial charge in [0, 0.05) is 12.5 Å². The van der Waals surface area contributed by atoms with Crippen LogP contribution in [0.15, 0.2) is 27.5 Å². The first kappa shape index (κ1) is 17.6. The van der Waals surface area contributed by atoms with Crippen LogP contribution in [0.5, 0.6) is 0 Å². The van der Waals surface area contributed by atoms with Crippen molar-refractivity contribution in [3.63, 3.8) is 0 Å². The van der Waals surface area contributed by atoms with Gasteiger partial charge in [-0.3, -0.25) is 4.98 Å². The summed E-state index contributed by atoms with van der Waals surface area (Å²) in [5.74, 6) is -2.50. The smallest absolute Gasteiger partial charge is 0.407 e. The lowest BCUT2D eigenvalue weighted by Crippen LogP contribution is -2.14. The molecule has 2 heterocycles. The highest BCUT2D eigenvalue weighted by atomic mass is 19.4. The number of hydrogen-bond acceptors (Lipinski definition) is 4. The molecule has 0 aliphatic rings. The lowest BCUT2D eigenvalue weighted by molar-refractivity contribution is -0.136. The largest absolute Gasteiger partial charge is 0.418 e. The van der Waals surface area contributed by atoms with Crippen LogP contribution in [-0.2, 0) is 12.1 Å². The maximum absolute atomic E-state index is 13.5. The van der Waals surface area contributed by atoms with E-state index in [0.717, 1.165) is 12.3 Å². The molecule has 0 amide bonds. The highest BCUT2D eigenvalue weighted by Gasteiger charge is 2.35. The average molecular weight is 369 g/mol. The summed E-state index contributed by atoms with van der Waals surface area (Å²) in [4.78, 5) is 20.8. The molecule has 0 unspecified atom stereocenters. The molecule has 10 heteroatoms. The number of alkyl halides is 5. The maximum atomic E-state index is 13.5. The fraction of sp³-hybridized carbons (Fsp3) is 0.188. The maximum Gasteiger partial charge on any atom is 0.418 e. The summed E-state index contributed by atoms with van der Waals surface area (Å²) in [7, 11) is 0. The molecule has 5 nitrogen and oxygen atoms in total. The van der Waals surface area contributed by atoms with Gasteiger partial charge in [0.25, 0.3) is 5.92 Å². The monoisotopic (exact) mass is 369 g/mol. The van der Waals surface area contributed by atoms with Gasteiger partial charge in [-0.15, -0.1) is 6.42 Å². The van der Waals surface area contributed by atoms with Gasteiger partial charge in [-0.05, 0) is 18.1 Å². The molecule has 3 rings (SSSR count). The van der Waals surface area contributed by atoms with Crippen molar-refractivity contribution in [3.8, 4) is 23.6 Å². The van der Waals surface area contributed by atoms with Crippen LogP contribution in [-0.4, -0.2) is 15.0 Å². The molecule has 3 aromatic rings. The van der Waals surface area contributed by atoms with Gasteiger partial charge in [-0.25, -0.2) is 14.8 Å². The van der Waals surface area contributed by atoms with Gasteiger partial charge in [0.2, 0.25) is 0 Å². The number of aromatic nitrogens is 3. The lowest BCUT2D eigenvalue weighted by Gasteiger charge is -2.13. The van der Waals surface area contributed by atoms with E-state index in [1.807, 2.05) is 10.9 Å². The van der Waals surface area contributed by atoms with E-state index in [2.05, 4.69) is 9.97 Å². The molecular weight excluding hydrogens is 361 g/mol. The number of benzene rings is 1. The van der Waals surface area contributed by atoms with Gasteiger partial charge in [0.1, 0.15) is 16.9 Å². The van der Waals surface area contributed by atoms with Gasteiger partial charge < -0.3 is 4.42 Å². The molecular formula is C16H8F5N3O2. The van der Waals surface area contributed by atoms with Crippen LogP contribution < -0.4 is 5.76 Å². The molecule has 0 aliphatic carbocycles. The summed E-state index contributed by atoms with van der Waals surface area (Å²) < 4.78 is 70.9. The van der Waals surface area contributed by atoms with E-state index < -0.39 is 45.9 Å². The Morgan fingerprint density at radius 1 is 1.23 bits per heavy atom. The van der Waals surface area contributed by atoms with Crippen LogP contribution in [0.1, 0.15) is 23.9 Å². The molecule has 134 valence electrons. The second-order valence-corrected chi connectivity index (χ2v) is 5.36. The van der Waals surface area contributed by atoms with Crippen molar-refractivity contribution >= 4 is 11.1 Å². The van der Waals surface area contributed by atoms with Gasteiger partial charge in [-0.1, -0.05) is 0 Å². The molecule has 0 fully saturated rings. The molecule has 0 saturated heterocycles. The Bertz CT molecular complexity index is 1100. The van der Waals surface area contributed by atoms with Gasteiger partial charge in [-0.2, -0.15) is 22.0 Å². The minimum Gasteiger partial charge on any atom is -0.407 e. The average Bonchev–Trinajstić information content (AvgIpc) is 2.92. The normalized spacial score (nSPS) is 12.3. The van der Waals surface area contributed by atoms with E-state index in [1.165, 1.54) is 0 Å². The first-order valence-corrected chi connectivity index (χ1v) is 6.97. The Hall–Kier alpha value is -3.22. The number of terminal acetylenes is 1. The highest BCUT2D eigenvalue weighted by Crippen LogP contribution is 2.37. The van der Waals surface area contributed by atoms with E-state index in [9.17, 15) is 26.7 Å². The van der Waals surface area contributed by atoms with Gasteiger partial charge in [0.15, 0.2) is 5.58 Å². The predicted molar refractivity (Wildman–Crippen MR) is 80.4 cm³/mol. The fourth-order valence-electron chi connectivity index (χ4n) is 2.41. The fourth-order valence-corrected chi connectivity index (χ4v) is 2.41. The number of nitrogens with one attached hydrogen (secondary N) is 1. The Balaban J connectivity index is 2.28. The van der Waals surface area contributed by atoms with Crippen molar-refractivity contribution in [1.82, 2.24) is 15.0 Å². The van der Waals surface area contributed by atoms with Crippen molar-refractivity contribution in [2.45, 2.75) is 19.0 Å². The molecule has 1 N–H and O–H groups in total. The highest BCUT2D eigenvalue weighted by molar-refractivity contribution is 5.91. The van der Waals surface area contributed by atoms with E-state index in [0.29, 0.717) is 13.0 Å². The second-order valence-electron chi connectivity index (χ2n) is 5.36. The first-order valence-electron chi connectivity index (χ1n) is 6.97.